The molecule has 0 aromatic heterocycles. The van der Waals surface area contributed by atoms with Gasteiger partial charge in [0, 0.05) is 6.54 Å². The zero-order chi connectivity index (χ0) is 10.4. The van der Waals surface area contributed by atoms with Crippen LogP contribution in [0.1, 0.15) is 5.56 Å². The summed E-state index contributed by atoms with van der Waals surface area (Å²) in [5.41, 5.74) is 1.29. The van der Waals surface area contributed by atoms with E-state index in [1.165, 1.54) is 5.56 Å². The molecule has 1 aromatic rings. The second-order valence-electron chi connectivity index (χ2n) is 3.48. The van der Waals surface area contributed by atoms with E-state index < -0.39 is 0 Å². The quantitative estimate of drug-likeness (QED) is 0.662. The minimum absolute atomic E-state index is 0.563. The summed E-state index contributed by atoms with van der Waals surface area (Å²) in [5, 5.41) is 0. The third kappa shape index (κ3) is 3.62. The Morgan fingerprint density at radius 2 is 1.93 bits per heavy atom. The summed E-state index contributed by atoms with van der Waals surface area (Å²) in [6, 6.07) is 8.14. The van der Waals surface area contributed by atoms with Crippen LogP contribution in [0.4, 0.5) is 0 Å². The summed E-state index contributed by atoms with van der Waals surface area (Å²) in [6.45, 7) is 5.12. The maximum Gasteiger partial charge on any atom is 0.119 e. The molecule has 2 heteroatoms. The van der Waals surface area contributed by atoms with Crippen molar-refractivity contribution in [3.63, 3.8) is 0 Å². The number of hydrogen-bond donors (Lipinski definition) is 0. The van der Waals surface area contributed by atoms with Gasteiger partial charge in [-0.15, -0.1) is 0 Å². The van der Waals surface area contributed by atoms with Crippen molar-refractivity contribution in [1.82, 2.24) is 4.90 Å². The van der Waals surface area contributed by atoms with Crippen LogP contribution in [0.25, 0.3) is 0 Å². The van der Waals surface area contributed by atoms with Gasteiger partial charge in [0.15, 0.2) is 0 Å². The summed E-state index contributed by atoms with van der Waals surface area (Å²) < 4.78 is 5.38. The first-order valence-electron chi connectivity index (χ1n) is 4.69. The summed E-state index contributed by atoms with van der Waals surface area (Å²) in [4.78, 5) is 2.14. The molecule has 0 spiro atoms. The molecule has 0 aliphatic rings. The smallest absolute Gasteiger partial charge is 0.119 e. The van der Waals surface area contributed by atoms with Crippen LogP contribution < -0.4 is 4.74 Å². The second-order valence-corrected chi connectivity index (χ2v) is 3.48. The summed E-state index contributed by atoms with van der Waals surface area (Å²) in [6.07, 6.45) is 1.74. The van der Waals surface area contributed by atoms with E-state index in [4.69, 9.17) is 4.74 Å². The second kappa shape index (κ2) is 5.45. The minimum atomic E-state index is 0.563. The van der Waals surface area contributed by atoms with Gasteiger partial charge in [-0.3, -0.25) is 0 Å². The molecular formula is C12H17NO. The molecule has 0 saturated heterocycles. The van der Waals surface area contributed by atoms with Crippen LogP contribution in [0.3, 0.4) is 0 Å². The van der Waals surface area contributed by atoms with Gasteiger partial charge in [0.1, 0.15) is 12.4 Å². The third-order valence-electron chi connectivity index (χ3n) is 1.79. The van der Waals surface area contributed by atoms with Crippen molar-refractivity contribution in [2.75, 3.05) is 20.7 Å². The summed E-state index contributed by atoms with van der Waals surface area (Å²) in [7, 11) is 4.12. The van der Waals surface area contributed by atoms with E-state index in [0.717, 1.165) is 12.3 Å². The molecular weight excluding hydrogens is 174 g/mol. The fraction of sp³-hybridized carbons (Fsp3) is 0.333. The molecule has 0 heterocycles. The highest BCUT2D eigenvalue weighted by atomic mass is 16.5. The highest BCUT2D eigenvalue weighted by molar-refractivity contribution is 5.27. The molecule has 0 amide bonds. The van der Waals surface area contributed by atoms with Crippen molar-refractivity contribution in [3.05, 3.63) is 42.5 Å². The van der Waals surface area contributed by atoms with Crippen molar-refractivity contribution in [3.8, 4) is 5.75 Å². The van der Waals surface area contributed by atoms with Crippen molar-refractivity contribution in [1.29, 1.82) is 0 Å². The Morgan fingerprint density at radius 1 is 1.29 bits per heavy atom. The maximum absolute atomic E-state index is 5.38. The highest BCUT2D eigenvalue weighted by Gasteiger charge is 1.95. The van der Waals surface area contributed by atoms with Gasteiger partial charge in [0.25, 0.3) is 0 Å². The number of hydrogen-bond acceptors (Lipinski definition) is 2. The molecule has 0 unspecified atom stereocenters. The molecule has 2 nitrogen and oxygen atoms in total. The molecule has 76 valence electrons. The molecule has 1 rings (SSSR count). The fourth-order valence-electron chi connectivity index (χ4n) is 1.21. The average Bonchev–Trinajstić information content (AvgIpc) is 2.16. The lowest BCUT2D eigenvalue weighted by Crippen LogP contribution is -2.10. The van der Waals surface area contributed by atoms with Gasteiger partial charge in [-0.1, -0.05) is 24.8 Å². The maximum atomic E-state index is 5.38. The summed E-state index contributed by atoms with van der Waals surface area (Å²) >= 11 is 0. The zero-order valence-corrected chi connectivity index (χ0v) is 8.86. The van der Waals surface area contributed by atoms with Gasteiger partial charge < -0.3 is 9.64 Å². The number of rotatable bonds is 5. The van der Waals surface area contributed by atoms with Gasteiger partial charge in [-0.25, -0.2) is 0 Å². The largest absolute Gasteiger partial charge is 0.490 e. The number of ether oxygens (including phenoxy) is 1. The van der Waals surface area contributed by atoms with Crippen molar-refractivity contribution < 1.29 is 4.74 Å². The molecule has 0 aliphatic heterocycles. The number of benzene rings is 1. The molecule has 1 aromatic carbocycles. The average molecular weight is 191 g/mol. The lowest BCUT2D eigenvalue weighted by molar-refractivity contribution is 0.362. The minimum Gasteiger partial charge on any atom is -0.490 e. The Labute approximate surface area is 85.8 Å². The third-order valence-corrected chi connectivity index (χ3v) is 1.79. The van der Waals surface area contributed by atoms with Crippen LogP contribution in [0.2, 0.25) is 0 Å². The molecule has 0 radical (unpaired) electrons. The molecule has 0 bridgehead atoms. The van der Waals surface area contributed by atoms with Crippen molar-refractivity contribution in [2.24, 2.45) is 0 Å². The molecule has 0 aliphatic carbocycles. The zero-order valence-electron chi connectivity index (χ0n) is 8.86. The van der Waals surface area contributed by atoms with Gasteiger partial charge in [-0.2, -0.15) is 0 Å². The van der Waals surface area contributed by atoms with Gasteiger partial charge in [0.2, 0.25) is 0 Å². The predicted octanol–water partition coefficient (Wildman–Crippen LogP) is 2.31. The first-order valence-corrected chi connectivity index (χ1v) is 4.69. The van der Waals surface area contributed by atoms with E-state index in [9.17, 15) is 0 Å². The van der Waals surface area contributed by atoms with Crippen LogP contribution in [0, 0.1) is 0 Å². The topological polar surface area (TPSA) is 12.5 Å². The Bertz CT molecular complexity index is 277. The van der Waals surface area contributed by atoms with Gasteiger partial charge >= 0.3 is 0 Å². The highest BCUT2D eigenvalue weighted by Crippen LogP contribution is 2.12. The van der Waals surface area contributed by atoms with Crippen LogP contribution in [-0.2, 0) is 6.54 Å². The molecule has 0 fully saturated rings. The molecule has 0 saturated carbocycles. The van der Waals surface area contributed by atoms with E-state index >= 15 is 0 Å². The van der Waals surface area contributed by atoms with E-state index in [2.05, 4.69) is 37.7 Å². The SMILES string of the molecule is C=CCOc1ccc(CN(C)C)cc1. The summed E-state index contributed by atoms with van der Waals surface area (Å²) in [5.74, 6) is 0.896. The Hall–Kier alpha value is -1.28. The normalized spacial score (nSPS) is 10.2. The number of nitrogens with zero attached hydrogens (tertiary/aromatic N) is 1. The van der Waals surface area contributed by atoms with E-state index in [-0.39, 0.29) is 0 Å². The van der Waals surface area contributed by atoms with E-state index in [1.54, 1.807) is 6.08 Å². The van der Waals surface area contributed by atoms with Gasteiger partial charge in [-0.05, 0) is 31.8 Å². The van der Waals surface area contributed by atoms with Crippen LogP contribution >= 0.6 is 0 Å². The predicted molar refractivity (Wildman–Crippen MR) is 59.5 cm³/mol. The van der Waals surface area contributed by atoms with Crippen LogP contribution in [0.15, 0.2) is 36.9 Å². The lowest BCUT2D eigenvalue weighted by Gasteiger charge is -2.10. The van der Waals surface area contributed by atoms with Crippen LogP contribution in [0.5, 0.6) is 5.75 Å². The Kier molecular flexibility index (Phi) is 4.20. The molecule has 0 N–H and O–H groups in total. The van der Waals surface area contributed by atoms with Crippen molar-refractivity contribution >= 4 is 0 Å². The van der Waals surface area contributed by atoms with E-state index in [0.29, 0.717) is 6.61 Å². The Balaban J connectivity index is 2.54. The Morgan fingerprint density at radius 3 is 2.43 bits per heavy atom. The van der Waals surface area contributed by atoms with Gasteiger partial charge in [0.05, 0.1) is 0 Å². The van der Waals surface area contributed by atoms with E-state index in [1.807, 2.05) is 12.1 Å². The first kappa shape index (κ1) is 10.8. The molecule has 0 atom stereocenters. The van der Waals surface area contributed by atoms with Crippen molar-refractivity contribution in [2.45, 2.75) is 6.54 Å². The first-order chi connectivity index (χ1) is 6.72. The lowest BCUT2D eigenvalue weighted by atomic mass is 10.2. The van der Waals surface area contributed by atoms with Crippen LogP contribution in [-0.4, -0.2) is 25.6 Å². The standard InChI is InChI=1S/C12H17NO/c1-4-9-14-12-7-5-11(6-8-12)10-13(2)3/h4-8H,1,9-10H2,2-3H3. The molecule has 14 heavy (non-hydrogen) atoms. The fourth-order valence-corrected chi connectivity index (χ4v) is 1.21. The monoisotopic (exact) mass is 191 g/mol.